The Bertz CT molecular complexity index is 733. The summed E-state index contributed by atoms with van der Waals surface area (Å²) in [5.41, 5.74) is 3.49. The van der Waals surface area contributed by atoms with Gasteiger partial charge >= 0.3 is 0 Å². The summed E-state index contributed by atoms with van der Waals surface area (Å²) in [6.07, 6.45) is 0.407. The van der Waals surface area contributed by atoms with Crippen LogP contribution in [0, 0.1) is 11.3 Å². The standard InChI is InChI=1S/C17H15N3O/c1-20-16-8-3-2-7-14(16)15(10-17(20)21)19-13-6-4-5-12(9-13)11-18/h2-9,15,19H,10H2,1H3. The molecule has 1 atom stereocenters. The Hall–Kier alpha value is -2.80. The topological polar surface area (TPSA) is 56.1 Å². The molecule has 21 heavy (non-hydrogen) atoms. The summed E-state index contributed by atoms with van der Waals surface area (Å²) < 4.78 is 0. The van der Waals surface area contributed by atoms with Gasteiger partial charge in [0.1, 0.15) is 0 Å². The van der Waals surface area contributed by atoms with Crippen LogP contribution in [0.5, 0.6) is 0 Å². The second-order valence-corrected chi connectivity index (χ2v) is 5.11. The lowest BCUT2D eigenvalue weighted by atomic mass is 9.96. The van der Waals surface area contributed by atoms with E-state index in [1.807, 2.05) is 36.4 Å². The number of para-hydroxylation sites is 1. The van der Waals surface area contributed by atoms with Crippen molar-refractivity contribution in [2.75, 3.05) is 17.3 Å². The first kappa shape index (κ1) is 13.2. The highest BCUT2D eigenvalue weighted by Gasteiger charge is 2.28. The van der Waals surface area contributed by atoms with Crippen LogP contribution in [0.4, 0.5) is 11.4 Å². The van der Waals surface area contributed by atoms with Gasteiger partial charge in [-0.05, 0) is 29.8 Å². The van der Waals surface area contributed by atoms with E-state index in [9.17, 15) is 4.79 Å². The Kier molecular flexibility index (Phi) is 3.33. The SMILES string of the molecule is CN1C(=O)CC(Nc2cccc(C#N)c2)c2ccccc21. The second-order valence-electron chi connectivity index (χ2n) is 5.11. The quantitative estimate of drug-likeness (QED) is 0.917. The van der Waals surface area contributed by atoms with Gasteiger partial charge in [0.05, 0.1) is 24.1 Å². The van der Waals surface area contributed by atoms with Gasteiger partial charge in [0, 0.05) is 18.4 Å². The maximum absolute atomic E-state index is 12.1. The van der Waals surface area contributed by atoms with E-state index in [0.29, 0.717) is 12.0 Å². The number of hydrogen-bond donors (Lipinski definition) is 1. The normalized spacial score (nSPS) is 17.0. The molecule has 4 heteroatoms. The number of carbonyl (C=O) groups excluding carboxylic acids is 1. The third-order valence-corrected chi connectivity index (χ3v) is 3.76. The van der Waals surface area contributed by atoms with Crippen LogP contribution in [0.15, 0.2) is 48.5 Å². The number of amides is 1. The summed E-state index contributed by atoms with van der Waals surface area (Å²) >= 11 is 0. The number of rotatable bonds is 2. The minimum atomic E-state index is -0.0705. The van der Waals surface area contributed by atoms with Gasteiger partial charge in [0.2, 0.25) is 5.91 Å². The lowest BCUT2D eigenvalue weighted by Crippen LogP contribution is -2.35. The molecule has 1 heterocycles. The van der Waals surface area contributed by atoms with Gasteiger partial charge in [-0.15, -0.1) is 0 Å². The van der Waals surface area contributed by atoms with Crippen LogP contribution in [-0.4, -0.2) is 13.0 Å². The molecule has 0 aliphatic carbocycles. The molecule has 2 aromatic carbocycles. The average Bonchev–Trinajstić information content (AvgIpc) is 2.52. The molecule has 1 N–H and O–H groups in total. The van der Waals surface area contributed by atoms with Crippen molar-refractivity contribution < 1.29 is 4.79 Å². The van der Waals surface area contributed by atoms with Gasteiger partial charge < -0.3 is 10.2 Å². The van der Waals surface area contributed by atoms with E-state index in [1.54, 1.807) is 24.1 Å². The van der Waals surface area contributed by atoms with E-state index in [4.69, 9.17) is 5.26 Å². The molecule has 1 amide bonds. The molecule has 1 unspecified atom stereocenters. The van der Waals surface area contributed by atoms with Gasteiger partial charge in [-0.3, -0.25) is 4.79 Å². The minimum absolute atomic E-state index is 0.0705. The van der Waals surface area contributed by atoms with Crippen LogP contribution in [0.25, 0.3) is 0 Å². The Labute approximate surface area is 123 Å². The molecule has 0 saturated carbocycles. The number of nitrogens with one attached hydrogen (secondary N) is 1. The highest BCUT2D eigenvalue weighted by atomic mass is 16.2. The Morgan fingerprint density at radius 1 is 1.24 bits per heavy atom. The molecule has 4 nitrogen and oxygen atoms in total. The molecule has 0 radical (unpaired) electrons. The predicted molar refractivity (Wildman–Crippen MR) is 82.0 cm³/mol. The highest BCUT2D eigenvalue weighted by molar-refractivity contribution is 5.97. The van der Waals surface area contributed by atoms with Crippen LogP contribution >= 0.6 is 0 Å². The first-order chi connectivity index (χ1) is 10.2. The van der Waals surface area contributed by atoms with Crippen LogP contribution in [0.2, 0.25) is 0 Å². The number of nitrogens with zero attached hydrogens (tertiary/aromatic N) is 2. The maximum Gasteiger partial charge on any atom is 0.229 e. The number of fused-ring (bicyclic) bond motifs is 1. The summed E-state index contributed by atoms with van der Waals surface area (Å²) in [7, 11) is 1.80. The predicted octanol–water partition coefficient (Wildman–Crippen LogP) is 3.08. The van der Waals surface area contributed by atoms with Gasteiger partial charge in [-0.1, -0.05) is 24.3 Å². The zero-order valence-corrected chi connectivity index (χ0v) is 11.7. The van der Waals surface area contributed by atoms with Crippen molar-refractivity contribution in [2.24, 2.45) is 0 Å². The van der Waals surface area contributed by atoms with Gasteiger partial charge in [0.25, 0.3) is 0 Å². The molecular formula is C17H15N3O. The molecule has 0 bridgehead atoms. The van der Waals surface area contributed by atoms with Crippen molar-refractivity contribution in [1.82, 2.24) is 0 Å². The number of hydrogen-bond acceptors (Lipinski definition) is 3. The zero-order valence-electron chi connectivity index (χ0n) is 11.7. The van der Waals surface area contributed by atoms with Crippen LogP contribution in [0.3, 0.4) is 0 Å². The van der Waals surface area contributed by atoms with E-state index in [2.05, 4.69) is 11.4 Å². The summed E-state index contributed by atoms with van der Waals surface area (Å²) in [5.74, 6) is 0.0858. The fourth-order valence-electron chi connectivity index (χ4n) is 2.65. The molecule has 1 aliphatic heterocycles. The molecule has 3 rings (SSSR count). The zero-order chi connectivity index (χ0) is 14.8. The Balaban J connectivity index is 1.94. The second kappa shape index (κ2) is 5.29. The molecule has 0 fully saturated rings. The van der Waals surface area contributed by atoms with Gasteiger partial charge in [-0.2, -0.15) is 5.26 Å². The third-order valence-electron chi connectivity index (χ3n) is 3.76. The van der Waals surface area contributed by atoms with E-state index < -0.39 is 0 Å². The van der Waals surface area contributed by atoms with Crippen LogP contribution in [0.1, 0.15) is 23.6 Å². The lowest BCUT2D eigenvalue weighted by Gasteiger charge is -2.32. The fraction of sp³-hybridized carbons (Fsp3) is 0.176. The molecule has 104 valence electrons. The highest BCUT2D eigenvalue weighted by Crippen LogP contribution is 2.35. The summed E-state index contributed by atoms with van der Waals surface area (Å²) in [5, 5.41) is 12.3. The smallest absolute Gasteiger partial charge is 0.229 e. The summed E-state index contributed by atoms with van der Waals surface area (Å²) in [6.45, 7) is 0. The third kappa shape index (κ3) is 2.46. The van der Waals surface area contributed by atoms with Crippen molar-refractivity contribution in [3.63, 3.8) is 0 Å². The summed E-state index contributed by atoms with van der Waals surface area (Å²) in [4.78, 5) is 13.8. The number of anilines is 2. The molecule has 1 aliphatic rings. The van der Waals surface area contributed by atoms with Crippen molar-refractivity contribution in [1.29, 1.82) is 5.26 Å². The number of nitriles is 1. The maximum atomic E-state index is 12.1. The van der Waals surface area contributed by atoms with E-state index in [0.717, 1.165) is 16.9 Å². The molecular weight excluding hydrogens is 262 g/mol. The molecule has 2 aromatic rings. The Morgan fingerprint density at radius 3 is 2.86 bits per heavy atom. The van der Waals surface area contributed by atoms with Crippen molar-refractivity contribution in [2.45, 2.75) is 12.5 Å². The molecule has 0 aromatic heterocycles. The minimum Gasteiger partial charge on any atom is -0.378 e. The Morgan fingerprint density at radius 2 is 2.05 bits per heavy atom. The summed E-state index contributed by atoms with van der Waals surface area (Å²) in [6, 6.07) is 17.2. The van der Waals surface area contributed by atoms with E-state index in [-0.39, 0.29) is 11.9 Å². The fourth-order valence-corrected chi connectivity index (χ4v) is 2.65. The first-order valence-corrected chi connectivity index (χ1v) is 6.81. The van der Waals surface area contributed by atoms with Crippen LogP contribution in [-0.2, 0) is 4.79 Å². The molecule has 0 saturated heterocycles. The number of benzene rings is 2. The lowest BCUT2D eigenvalue weighted by molar-refractivity contribution is -0.118. The van der Waals surface area contributed by atoms with E-state index in [1.165, 1.54) is 0 Å². The van der Waals surface area contributed by atoms with Crippen LogP contribution < -0.4 is 10.2 Å². The molecule has 0 spiro atoms. The first-order valence-electron chi connectivity index (χ1n) is 6.81. The van der Waals surface area contributed by atoms with Crippen molar-refractivity contribution in [3.05, 3.63) is 59.7 Å². The largest absolute Gasteiger partial charge is 0.378 e. The van der Waals surface area contributed by atoms with Crippen molar-refractivity contribution in [3.8, 4) is 6.07 Å². The van der Waals surface area contributed by atoms with Crippen molar-refractivity contribution >= 4 is 17.3 Å². The number of carbonyl (C=O) groups is 1. The monoisotopic (exact) mass is 277 g/mol. The van der Waals surface area contributed by atoms with Gasteiger partial charge in [0.15, 0.2) is 0 Å². The van der Waals surface area contributed by atoms with E-state index >= 15 is 0 Å². The van der Waals surface area contributed by atoms with Gasteiger partial charge in [-0.25, -0.2) is 0 Å². The average molecular weight is 277 g/mol.